The SMILES string of the molecule is C=CCOc1cc(Cl)c(Cl)cc1C=O.CC1CCCNC1. The summed E-state index contributed by atoms with van der Waals surface area (Å²) in [6.07, 6.45) is 5.05. The highest BCUT2D eigenvalue weighted by Crippen LogP contribution is 2.29. The Labute approximate surface area is 136 Å². The van der Waals surface area contributed by atoms with Crippen molar-refractivity contribution in [2.24, 2.45) is 5.92 Å². The molecular formula is C16H21Cl2NO2. The molecule has 0 aromatic heterocycles. The lowest BCUT2D eigenvalue weighted by atomic mass is 10.0. The molecule has 1 saturated heterocycles. The van der Waals surface area contributed by atoms with Crippen molar-refractivity contribution in [3.63, 3.8) is 0 Å². The van der Waals surface area contributed by atoms with Gasteiger partial charge < -0.3 is 10.1 Å². The Morgan fingerprint density at radius 1 is 1.43 bits per heavy atom. The van der Waals surface area contributed by atoms with E-state index >= 15 is 0 Å². The summed E-state index contributed by atoms with van der Waals surface area (Å²) in [5.74, 6) is 1.34. The van der Waals surface area contributed by atoms with E-state index in [-0.39, 0.29) is 0 Å². The minimum Gasteiger partial charge on any atom is -0.489 e. The number of hydrogen-bond acceptors (Lipinski definition) is 3. The molecule has 0 radical (unpaired) electrons. The average molecular weight is 330 g/mol. The summed E-state index contributed by atoms with van der Waals surface area (Å²) in [6.45, 7) is 8.59. The van der Waals surface area contributed by atoms with Crippen molar-refractivity contribution in [3.05, 3.63) is 40.4 Å². The van der Waals surface area contributed by atoms with E-state index in [2.05, 4.69) is 18.8 Å². The molecule has 0 bridgehead atoms. The molecule has 1 aliphatic rings. The molecule has 1 fully saturated rings. The average Bonchev–Trinajstić information content (AvgIpc) is 2.49. The molecule has 116 valence electrons. The van der Waals surface area contributed by atoms with Gasteiger partial charge in [0.05, 0.1) is 15.6 Å². The van der Waals surface area contributed by atoms with Gasteiger partial charge in [-0.05, 0) is 37.9 Å². The van der Waals surface area contributed by atoms with E-state index in [4.69, 9.17) is 27.9 Å². The highest BCUT2D eigenvalue weighted by molar-refractivity contribution is 6.42. The van der Waals surface area contributed by atoms with Crippen LogP contribution in [0.4, 0.5) is 0 Å². The molecule has 1 atom stereocenters. The second-order valence-electron chi connectivity index (χ2n) is 4.97. The molecule has 21 heavy (non-hydrogen) atoms. The summed E-state index contributed by atoms with van der Waals surface area (Å²) in [5.41, 5.74) is 0.376. The van der Waals surface area contributed by atoms with Crippen LogP contribution < -0.4 is 10.1 Å². The highest BCUT2D eigenvalue weighted by atomic mass is 35.5. The molecule has 0 aliphatic carbocycles. The zero-order valence-corrected chi connectivity index (χ0v) is 13.7. The first-order valence-corrected chi connectivity index (χ1v) is 7.72. The van der Waals surface area contributed by atoms with Gasteiger partial charge in [-0.15, -0.1) is 0 Å². The zero-order chi connectivity index (χ0) is 15.7. The van der Waals surface area contributed by atoms with Gasteiger partial charge in [-0.3, -0.25) is 4.79 Å². The summed E-state index contributed by atoms with van der Waals surface area (Å²) in [5, 5.41) is 4.03. The fourth-order valence-corrected chi connectivity index (χ4v) is 2.26. The van der Waals surface area contributed by atoms with Gasteiger partial charge in [-0.25, -0.2) is 0 Å². The van der Waals surface area contributed by atoms with Crippen molar-refractivity contribution in [2.75, 3.05) is 19.7 Å². The monoisotopic (exact) mass is 329 g/mol. The van der Waals surface area contributed by atoms with Gasteiger partial charge in [-0.1, -0.05) is 42.8 Å². The summed E-state index contributed by atoms with van der Waals surface area (Å²) in [6, 6.07) is 2.98. The summed E-state index contributed by atoms with van der Waals surface area (Å²) in [4.78, 5) is 10.6. The first-order chi connectivity index (χ1) is 10.1. The molecule has 1 aliphatic heterocycles. The number of aldehydes is 1. The Morgan fingerprint density at radius 2 is 2.14 bits per heavy atom. The van der Waals surface area contributed by atoms with Crippen LogP contribution in [-0.4, -0.2) is 26.0 Å². The van der Waals surface area contributed by atoms with Crippen LogP contribution >= 0.6 is 23.2 Å². The number of nitrogens with one attached hydrogen (secondary N) is 1. The highest BCUT2D eigenvalue weighted by Gasteiger charge is 2.07. The normalized spacial score (nSPS) is 17.4. The Kier molecular flexibility index (Phi) is 8.43. The minimum absolute atomic E-state index is 0.318. The van der Waals surface area contributed by atoms with Gasteiger partial charge in [0.25, 0.3) is 0 Å². The second-order valence-corrected chi connectivity index (χ2v) is 5.79. The fraction of sp³-hybridized carbons (Fsp3) is 0.438. The van der Waals surface area contributed by atoms with Crippen LogP contribution in [0.1, 0.15) is 30.1 Å². The molecular weight excluding hydrogens is 309 g/mol. The zero-order valence-electron chi connectivity index (χ0n) is 12.2. The van der Waals surface area contributed by atoms with Crippen molar-refractivity contribution in [1.82, 2.24) is 5.32 Å². The molecule has 0 amide bonds. The lowest BCUT2D eigenvalue weighted by Crippen LogP contribution is -2.27. The molecule has 1 unspecified atom stereocenters. The van der Waals surface area contributed by atoms with Crippen LogP contribution in [0.15, 0.2) is 24.8 Å². The molecule has 1 aromatic rings. The third kappa shape index (κ3) is 6.51. The van der Waals surface area contributed by atoms with E-state index in [1.807, 2.05) is 0 Å². The smallest absolute Gasteiger partial charge is 0.153 e. The van der Waals surface area contributed by atoms with Crippen molar-refractivity contribution < 1.29 is 9.53 Å². The van der Waals surface area contributed by atoms with E-state index in [1.54, 1.807) is 6.08 Å². The number of hydrogen-bond donors (Lipinski definition) is 1. The van der Waals surface area contributed by atoms with Gasteiger partial charge in [0.1, 0.15) is 12.4 Å². The van der Waals surface area contributed by atoms with Crippen molar-refractivity contribution in [3.8, 4) is 5.75 Å². The van der Waals surface area contributed by atoms with Gasteiger partial charge in [-0.2, -0.15) is 0 Å². The van der Waals surface area contributed by atoms with Crippen LogP contribution in [0.25, 0.3) is 0 Å². The van der Waals surface area contributed by atoms with E-state index in [0.717, 1.165) is 5.92 Å². The third-order valence-corrected chi connectivity index (χ3v) is 3.80. The summed E-state index contributed by atoms with van der Waals surface area (Å²) < 4.78 is 5.22. The lowest BCUT2D eigenvalue weighted by Gasteiger charge is -2.17. The van der Waals surface area contributed by atoms with Crippen molar-refractivity contribution in [2.45, 2.75) is 19.8 Å². The first kappa shape index (κ1) is 18.0. The molecule has 3 nitrogen and oxygen atoms in total. The number of halogens is 2. The number of piperidine rings is 1. The number of ether oxygens (including phenoxy) is 1. The van der Waals surface area contributed by atoms with E-state index in [0.29, 0.717) is 34.3 Å². The molecule has 0 saturated carbocycles. The first-order valence-electron chi connectivity index (χ1n) is 6.97. The number of carbonyl (C=O) groups is 1. The Hall–Kier alpha value is -1.03. The van der Waals surface area contributed by atoms with E-state index < -0.39 is 0 Å². The van der Waals surface area contributed by atoms with Gasteiger partial charge in [0, 0.05) is 6.07 Å². The van der Waals surface area contributed by atoms with E-state index in [1.165, 1.54) is 38.1 Å². The Balaban J connectivity index is 0.000000262. The fourth-order valence-electron chi connectivity index (χ4n) is 1.94. The molecule has 1 aromatic carbocycles. The van der Waals surface area contributed by atoms with Crippen LogP contribution in [0.5, 0.6) is 5.75 Å². The Bertz CT molecular complexity index is 472. The van der Waals surface area contributed by atoms with Gasteiger partial charge in [0.2, 0.25) is 0 Å². The standard InChI is InChI=1S/C10H8Cl2O2.C6H13N/c1-2-3-14-10-5-9(12)8(11)4-7(10)6-13;1-6-3-2-4-7-5-6/h2,4-6H,1,3H2;6-7H,2-5H2,1H3. The maximum Gasteiger partial charge on any atom is 0.153 e. The topological polar surface area (TPSA) is 38.3 Å². The largest absolute Gasteiger partial charge is 0.489 e. The molecule has 1 heterocycles. The summed E-state index contributed by atoms with van der Waals surface area (Å²) in [7, 11) is 0. The number of carbonyl (C=O) groups excluding carboxylic acids is 1. The van der Waals surface area contributed by atoms with Crippen LogP contribution in [0.3, 0.4) is 0 Å². The van der Waals surface area contributed by atoms with Gasteiger partial charge >= 0.3 is 0 Å². The van der Waals surface area contributed by atoms with Crippen molar-refractivity contribution in [1.29, 1.82) is 0 Å². The van der Waals surface area contributed by atoms with E-state index in [9.17, 15) is 4.79 Å². The third-order valence-electron chi connectivity index (χ3n) is 3.08. The number of rotatable bonds is 4. The van der Waals surface area contributed by atoms with Gasteiger partial charge in [0.15, 0.2) is 6.29 Å². The van der Waals surface area contributed by atoms with Crippen molar-refractivity contribution >= 4 is 29.5 Å². The predicted molar refractivity (Wildman–Crippen MR) is 88.8 cm³/mol. The maximum absolute atomic E-state index is 10.6. The van der Waals surface area contributed by atoms with Crippen LogP contribution in [0.2, 0.25) is 10.0 Å². The molecule has 1 N–H and O–H groups in total. The quantitative estimate of drug-likeness (QED) is 0.658. The van der Waals surface area contributed by atoms with Crippen LogP contribution in [0, 0.1) is 5.92 Å². The number of benzene rings is 1. The van der Waals surface area contributed by atoms with Crippen LogP contribution in [-0.2, 0) is 0 Å². The molecule has 2 rings (SSSR count). The summed E-state index contributed by atoms with van der Waals surface area (Å²) >= 11 is 11.5. The molecule has 5 heteroatoms. The Morgan fingerprint density at radius 3 is 2.62 bits per heavy atom. The lowest BCUT2D eigenvalue weighted by molar-refractivity contribution is 0.112. The second kappa shape index (κ2) is 9.82. The maximum atomic E-state index is 10.6. The molecule has 0 spiro atoms. The predicted octanol–water partition coefficient (Wildman–Crippen LogP) is 4.38. The minimum atomic E-state index is 0.318.